The topological polar surface area (TPSA) is 56.0 Å². The summed E-state index contributed by atoms with van der Waals surface area (Å²) in [6, 6.07) is 3.37. The Bertz CT molecular complexity index is 580. The largest absolute Gasteiger partial charge is 0.274 e. The molecule has 4 nitrogen and oxygen atoms in total. The quantitative estimate of drug-likeness (QED) is 0.486. The second-order valence-electron chi connectivity index (χ2n) is 3.92. The summed E-state index contributed by atoms with van der Waals surface area (Å²) < 4.78 is 0.847. The average Bonchev–Trinajstić information content (AvgIpc) is 2.54. The summed E-state index contributed by atoms with van der Waals surface area (Å²) >= 11 is 7.37. The Hall–Kier alpha value is -1.20. The van der Waals surface area contributed by atoms with Crippen molar-refractivity contribution in [2.75, 3.05) is 0 Å². The molecule has 1 heterocycles. The van der Waals surface area contributed by atoms with E-state index in [1.165, 1.54) is 11.3 Å². The van der Waals surface area contributed by atoms with Gasteiger partial charge in [-0.15, -0.1) is 22.9 Å². The maximum absolute atomic E-state index is 11.0. The summed E-state index contributed by atoms with van der Waals surface area (Å²) in [5.41, 5.74) is 1.59. The molecule has 1 atom stereocenters. The van der Waals surface area contributed by atoms with Gasteiger partial charge >= 0.3 is 0 Å². The Balaban J connectivity index is 2.61. The molecule has 0 saturated carbocycles. The van der Waals surface area contributed by atoms with Crippen LogP contribution in [0, 0.1) is 17.0 Å². The Morgan fingerprint density at radius 2 is 2.29 bits per heavy atom. The van der Waals surface area contributed by atoms with E-state index in [0.29, 0.717) is 12.0 Å². The summed E-state index contributed by atoms with van der Waals surface area (Å²) in [7, 11) is 0. The van der Waals surface area contributed by atoms with E-state index < -0.39 is 0 Å². The number of hydrogen-bond donors (Lipinski definition) is 0. The van der Waals surface area contributed by atoms with Gasteiger partial charge in [0.05, 0.1) is 20.1 Å². The molecule has 0 saturated heterocycles. The van der Waals surface area contributed by atoms with Gasteiger partial charge in [0.15, 0.2) is 0 Å². The number of aryl methyl sites for hydroxylation is 1. The Kier molecular flexibility index (Phi) is 3.31. The van der Waals surface area contributed by atoms with Crippen LogP contribution >= 0.6 is 22.9 Å². The van der Waals surface area contributed by atoms with Crippen LogP contribution in [0.5, 0.6) is 0 Å². The van der Waals surface area contributed by atoms with Crippen LogP contribution in [-0.4, -0.2) is 15.3 Å². The number of benzene rings is 1. The standard InChI is InChI=1S/C11H11ClN2O2S/c1-6(12)3-8-4-9-11(17-7(2)13-9)5-10(8)14(15)16/h4-6H,3H2,1-2H3. The van der Waals surface area contributed by atoms with Crippen LogP contribution in [0.25, 0.3) is 10.2 Å². The van der Waals surface area contributed by atoms with E-state index in [4.69, 9.17) is 11.6 Å². The van der Waals surface area contributed by atoms with Crippen LogP contribution in [0.3, 0.4) is 0 Å². The van der Waals surface area contributed by atoms with Gasteiger partial charge in [0, 0.05) is 17.0 Å². The molecule has 0 amide bonds. The second kappa shape index (κ2) is 4.58. The molecular weight excluding hydrogens is 260 g/mol. The highest BCUT2D eigenvalue weighted by molar-refractivity contribution is 7.18. The van der Waals surface area contributed by atoms with Crippen LogP contribution in [0.15, 0.2) is 12.1 Å². The smallest absolute Gasteiger partial charge is 0.258 e. The van der Waals surface area contributed by atoms with Gasteiger partial charge in [-0.3, -0.25) is 10.1 Å². The minimum Gasteiger partial charge on any atom is -0.258 e. The van der Waals surface area contributed by atoms with Crippen molar-refractivity contribution < 1.29 is 4.92 Å². The first-order valence-electron chi connectivity index (χ1n) is 5.16. The van der Waals surface area contributed by atoms with Crippen molar-refractivity contribution in [1.82, 2.24) is 4.98 Å². The van der Waals surface area contributed by atoms with Gasteiger partial charge in [-0.05, 0) is 26.3 Å². The molecule has 0 radical (unpaired) electrons. The fourth-order valence-electron chi connectivity index (χ4n) is 1.76. The number of nitro benzene ring substituents is 1. The average molecular weight is 271 g/mol. The van der Waals surface area contributed by atoms with E-state index in [2.05, 4.69) is 4.98 Å². The monoisotopic (exact) mass is 270 g/mol. The molecule has 90 valence electrons. The molecule has 6 heteroatoms. The van der Waals surface area contributed by atoms with Gasteiger partial charge in [-0.2, -0.15) is 0 Å². The highest BCUT2D eigenvalue weighted by atomic mass is 35.5. The van der Waals surface area contributed by atoms with Crippen molar-refractivity contribution in [3.05, 3.63) is 32.8 Å². The molecule has 0 aliphatic carbocycles. The van der Waals surface area contributed by atoms with Crippen molar-refractivity contribution in [1.29, 1.82) is 0 Å². The zero-order chi connectivity index (χ0) is 12.6. The van der Waals surface area contributed by atoms with Crippen molar-refractivity contribution in [3.8, 4) is 0 Å². The zero-order valence-electron chi connectivity index (χ0n) is 9.44. The molecule has 0 N–H and O–H groups in total. The lowest BCUT2D eigenvalue weighted by atomic mass is 10.1. The molecule has 17 heavy (non-hydrogen) atoms. The summed E-state index contributed by atoms with van der Waals surface area (Å²) in [4.78, 5) is 15.0. The van der Waals surface area contributed by atoms with E-state index >= 15 is 0 Å². The van der Waals surface area contributed by atoms with Crippen LogP contribution in [0.2, 0.25) is 0 Å². The van der Waals surface area contributed by atoms with Gasteiger partial charge < -0.3 is 0 Å². The summed E-state index contributed by atoms with van der Waals surface area (Å²) in [6.07, 6.45) is 0.477. The summed E-state index contributed by atoms with van der Waals surface area (Å²) in [6.45, 7) is 3.71. The molecule has 1 unspecified atom stereocenters. The minimum atomic E-state index is -0.358. The highest BCUT2D eigenvalue weighted by Gasteiger charge is 2.18. The van der Waals surface area contributed by atoms with Crippen LogP contribution in [0.1, 0.15) is 17.5 Å². The third kappa shape index (κ3) is 2.56. The number of thiazole rings is 1. The summed E-state index contributed by atoms with van der Waals surface area (Å²) in [5, 5.41) is 11.8. The fourth-order valence-corrected chi connectivity index (χ4v) is 2.77. The number of aromatic nitrogens is 1. The van der Waals surface area contributed by atoms with Gasteiger partial charge in [0.2, 0.25) is 0 Å². The van der Waals surface area contributed by atoms with E-state index in [1.807, 2.05) is 13.8 Å². The van der Waals surface area contributed by atoms with E-state index in [1.54, 1.807) is 12.1 Å². The normalized spacial score (nSPS) is 12.9. The van der Waals surface area contributed by atoms with Crippen molar-refractivity contribution in [2.24, 2.45) is 0 Å². The molecule has 2 rings (SSSR count). The fraction of sp³-hybridized carbons (Fsp3) is 0.364. The Morgan fingerprint density at radius 3 is 2.88 bits per heavy atom. The molecule has 2 aromatic rings. The highest BCUT2D eigenvalue weighted by Crippen LogP contribution is 2.30. The van der Waals surface area contributed by atoms with Crippen molar-refractivity contribution >= 4 is 38.8 Å². The SMILES string of the molecule is Cc1nc2cc(CC(C)Cl)c([N+](=O)[O-])cc2s1. The van der Waals surface area contributed by atoms with E-state index in [-0.39, 0.29) is 16.0 Å². The summed E-state index contributed by atoms with van der Waals surface area (Å²) in [5.74, 6) is 0. The number of hydrogen-bond acceptors (Lipinski definition) is 4. The number of fused-ring (bicyclic) bond motifs is 1. The number of nitro groups is 1. The molecule has 0 aliphatic heterocycles. The molecule has 1 aromatic carbocycles. The Labute approximate surface area is 107 Å². The maximum atomic E-state index is 11.0. The number of halogens is 1. The van der Waals surface area contributed by atoms with Gasteiger partial charge in [-0.1, -0.05) is 0 Å². The minimum absolute atomic E-state index is 0.133. The maximum Gasteiger partial charge on any atom is 0.274 e. The van der Waals surface area contributed by atoms with Crippen LogP contribution in [0.4, 0.5) is 5.69 Å². The lowest BCUT2D eigenvalue weighted by Crippen LogP contribution is -2.01. The number of alkyl halides is 1. The zero-order valence-corrected chi connectivity index (χ0v) is 11.0. The first-order valence-corrected chi connectivity index (χ1v) is 6.41. The number of rotatable bonds is 3. The number of nitrogens with zero attached hydrogens (tertiary/aromatic N) is 2. The third-order valence-electron chi connectivity index (χ3n) is 2.39. The first-order chi connectivity index (χ1) is 7.97. The van der Waals surface area contributed by atoms with Crippen LogP contribution in [-0.2, 0) is 6.42 Å². The van der Waals surface area contributed by atoms with E-state index in [9.17, 15) is 10.1 Å². The molecule has 0 bridgehead atoms. The first kappa shape index (κ1) is 12.3. The lowest BCUT2D eigenvalue weighted by molar-refractivity contribution is -0.385. The molecule has 1 aromatic heterocycles. The van der Waals surface area contributed by atoms with Gasteiger partial charge in [0.1, 0.15) is 0 Å². The van der Waals surface area contributed by atoms with Gasteiger partial charge in [0.25, 0.3) is 5.69 Å². The molecule has 0 fully saturated rings. The molecule has 0 spiro atoms. The third-order valence-corrected chi connectivity index (χ3v) is 3.48. The van der Waals surface area contributed by atoms with Crippen LogP contribution < -0.4 is 0 Å². The van der Waals surface area contributed by atoms with E-state index in [0.717, 1.165) is 15.2 Å². The van der Waals surface area contributed by atoms with Gasteiger partial charge in [-0.25, -0.2) is 4.98 Å². The second-order valence-corrected chi connectivity index (χ2v) is 5.90. The molecule has 0 aliphatic rings. The predicted molar refractivity (Wildman–Crippen MR) is 70.0 cm³/mol. The molecular formula is C11H11ClN2O2S. The predicted octanol–water partition coefficient (Wildman–Crippen LogP) is 3.68. The van der Waals surface area contributed by atoms with Crippen molar-refractivity contribution in [2.45, 2.75) is 25.6 Å². The lowest BCUT2D eigenvalue weighted by Gasteiger charge is -2.04. The van der Waals surface area contributed by atoms with Crippen molar-refractivity contribution in [3.63, 3.8) is 0 Å². The Morgan fingerprint density at radius 1 is 1.59 bits per heavy atom.